The lowest BCUT2D eigenvalue weighted by atomic mass is 9.77. The summed E-state index contributed by atoms with van der Waals surface area (Å²) in [6.07, 6.45) is 5.06. The number of carbonyl (C=O) groups excluding carboxylic acids is 1. The Balaban J connectivity index is 1.47. The standard InChI is InChI=1S/C32H35FN4O2/c1-35(2)25-16-12-22(13-17-25)20-24-8-7-9-27-31(24)34-37(30(38)21-39-29-11-6-5-10-28(29)33)32(27)23-14-18-26(19-15-23)36(3)4/h5-6,10-20,27,32H,7-9,21H2,1-4H3/b24-20-. The third kappa shape index (κ3) is 5.67. The van der Waals surface area contributed by atoms with Gasteiger partial charge in [0.25, 0.3) is 5.91 Å². The van der Waals surface area contributed by atoms with Gasteiger partial charge in [0.2, 0.25) is 0 Å². The number of hydrogen-bond acceptors (Lipinski definition) is 5. The molecule has 0 bridgehead atoms. The highest BCUT2D eigenvalue weighted by Gasteiger charge is 2.43. The molecule has 0 N–H and O–H groups in total. The number of amides is 1. The molecule has 0 spiro atoms. The third-order valence-corrected chi connectivity index (χ3v) is 7.45. The van der Waals surface area contributed by atoms with Crippen molar-refractivity contribution in [1.29, 1.82) is 0 Å². The van der Waals surface area contributed by atoms with Crippen molar-refractivity contribution < 1.29 is 13.9 Å². The zero-order chi connectivity index (χ0) is 27.5. The molecule has 1 fully saturated rings. The molecule has 1 saturated carbocycles. The van der Waals surface area contributed by atoms with Crippen molar-refractivity contribution in [2.24, 2.45) is 11.0 Å². The summed E-state index contributed by atoms with van der Waals surface area (Å²) in [4.78, 5) is 17.7. The number of hydrogen-bond donors (Lipinski definition) is 0. The van der Waals surface area contributed by atoms with Crippen LogP contribution < -0.4 is 14.5 Å². The Bertz CT molecular complexity index is 1380. The lowest BCUT2D eigenvalue weighted by Crippen LogP contribution is -2.34. The molecule has 2 aliphatic rings. The maximum atomic E-state index is 14.1. The van der Waals surface area contributed by atoms with Crippen LogP contribution in [0.3, 0.4) is 0 Å². The fraction of sp³-hybridized carbons (Fsp3) is 0.312. The number of hydrazone groups is 1. The second-order valence-electron chi connectivity index (χ2n) is 10.5. The van der Waals surface area contributed by atoms with Gasteiger partial charge >= 0.3 is 0 Å². The number of anilines is 2. The summed E-state index contributed by atoms with van der Waals surface area (Å²) < 4.78 is 19.7. The molecular weight excluding hydrogens is 491 g/mol. The smallest absolute Gasteiger partial charge is 0.281 e. The monoisotopic (exact) mass is 526 g/mol. The Labute approximate surface area is 230 Å². The van der Waals surface area contributed by atoms with Crippen LogP contribution in [0.25, 0.3) is 6.08 Å². The third-order valence-electron chi connectivity index (χ3n) is 7.45. The number of rotatable bonds is 7. The van der Waals surface area contributed by atoms with Crippen molar-refractivity contribution in [3.63, 3.8) is 0 Å². The molecule has 7 heteroatoms. The van der Waals surface area contributed by atoms with Crippen LogP contribution in [-0.4, -0.2) is 51.4 Å². The minimum atomic E-state index is -0.493. The van der Waals surface area contributed by atoms with Crippen LogP contribution in [0, 0.1) is 11.7 Å². The summed E-state index contributed by atoms with van der Waals surface area (Å²) in [5, 5.41) is 6.49. The van der Waals surface area contributed by atoms with Gasteiger partial charge in [-0.3, -0.25) is 4.79 Å². The van der Waals surface area contributed by atoms with E-state index in [0.29, 0.717) is 0 Å². The Morgan fingerprint density at radius 3 is 2.26 bits per heavy atom. The predicted octanol–water partition coefficient (Wildman–Crippen LogP) is 6.16. The van der Waals surface area contributed by atoms with Gasteiger partial charge in [-0.15, -0.1) is 0 Å². The van der Waals surface area contributed by atoms with Crippen molar-refractivity contribution >= 4 is 29.1 Å². The van der Waals surface area contributed by atoms with E-state index in [4.69, 9.17) is 9.84 Å². The first-order valence-electron chi connectivity index (χ1n) is 13.4. The van der Waals surface area contributed by atoms with Crippen LogP contribution in [-0.2, 0) is 4.79 Å². The maximum Gasteiger partial charge on any atom is 0.281 e. The molecule has 39 heavy (non-hydrogen) atoms. The number of allylic oxidation sites excluding steroid dienone is 1. The molecule has 202 valence electrons. The lowest BCUT2D eigenvalue weighted by Gasteiger charge is -2.30. The number of ether oxygens (including phenoxy) is 1. The number of para-hydroxylation sites is 1. The largest absolute Gasteiger partial charge is 0.481 e. The second-order valence-corrected chi connectivity index (χ2v) is 10.5. The molecule has 3 aromatic carbocycles. The summed E-state index contributed by atoms with van der Waals surface area (Å²) >= 11 is 0. The van der Waals surface area contributed by atoms with Gasteiger partial charge in [-0.1, -0.05) is 36.4 Å². The van der Waals surface area contributed by atoms with E-state index in [2.05, 4.69) is 64.4 Å². The Morgan fingerprint density at radius 1 is 0.974 bits per heavy atom. The van der Waals surface area contributed by atoms with Crippen LogP contribution in [0.5, 0.6) is 5.75 Å². The first kappa shape index (κ1) is 26.5. The molecule has 2 atom stereocenters. The van der Waals surface area contributed by atoms with E-state index in [1.54, 1.807) is 17.1 Å². The molecule has 6 nitrogen and oxygen atoms in total. The topological polar surface area (TPSA) is 48.4 Å². The van der Waals surface area contributed by atoms with Crippen LogP contribution in [0.2, 0.25) is 0 Å². The predicted molar refractivity (Wildman–Crippen MR) is 156 cm³/mol. The van der Waals surface area contributed by atoms with E-state index in [0.717, 1.165) is 53.0 Å². The Hall–Kier alpha value is -4.13. The molecule has 0 saturated heterocycles. The number of fused-ring (bicyclic) bond motifs is 1. The number of halogens is 1. The molecule has 1 aliphatic carbocycles. The quantitative estimate of drug-likeness (QED) is 0.370. The summed E-state index contributed by atoms with van der Waals surface area (Å²) in [6, 6.07) is 22.6. The van der Waals surface area contributed by atoms with E-state index in [-0.39, 0.29) is 30.2 Å². The highest BCUT2D eigenvalue weighted by molar-refractivity contribution is 6.08. The Morgan fingerprint density at radius 2 is 1.62 bits per heavy atom. The molecule has 0 radical (unpaired) electrons. The molecule has 3 aromatic rings. The first-order valence-corrected chi connectivity index (χ1v) is 13.4. The SMILES string of the molecule is CN(C)c1ccc(/C=C2/CCCC3C2=NN(C(=O)COc2ccccc2F)C3c2ccc(N(C)C)cc2)cc1. The number of nitrogens with zero attached hydrogens (tertiary/aromatic N) is 4. The van der Waals surface area contributed by atoms with Crippen LogP contribution in [0.15, 0.2) is 83.5 Å². The van der Waals surface area contributed by atoms with Gasteiger partial charge in [-0.2, -0.15) is 5.10 Å². The summed E-state index contributed by atoms with van der Waals surface area (Å²) in [7, 11) is 8.06. The van der Waals surface area contributed by atoms with Crippen molar-refractivity contribution in [2.45, 2.75) is 25.3 Å². The van der Waals surface area contributed by atoms with Crippen LogP contribution in [0.1, 0.15) is 36.4 Å². The lowest BCUT2D eigenvalue weighted by molar-refractivity contribution is -0.135. The highest BCUT2D eigenvalue weighted by atomic mass is 19.1. The molecule has 5 rings (SSSR count). The van der Waals surface area contributed by atoms with Gasteiger partial charge in [0.15, 0.2) is 18.2 Å². The highest BCUT2D eigenvalue weighted by Crippen LogP contribution is 2.44. The maximum absolute atomic E-state index is 14.1. The summed E-state index contributed by atoms with van der Waals surface area (Å²) in [5.41, 5.74) is 6.48. The van der Waals surface area contributed by atoms with Gasteiger partial charge in [-0.25, -0.2) is 9.40 Å². The van der Waals surface area contributed by atoms with E-state index in [1.165, 1.54) is 12.1 Å². The second kappa shape index (κ2) is 11.3. The fourth-order valence-electron chi connectivity index (χ4n) is 5.35. The molecule has 2 unspecified atom stereocenters. The van der Waals surface area contributed by atoms with Gasteiger partial charge in [0.05, 0.1) is 11.8 Å². The van der Waals surface area contributed by atoms with E-state index < -0.39 is 5.82 Å². The van der Waals surface area contributed by atoms with Gasteiger partial charge in [0, 0.05) is 45.5 Å². The van der Waals surface area contributed by atoms with E-state index in [9.17, 15) is 9.18 Å². The minimum absolute atomic E-state index is 0.0590. The zero-order valence-corrected chi connectivity index (χ0v) is 23.0. The van der Waals surface area contributed by atoms with Crippen LogP contribution >= 0.6 is 0 Å². The average molecular weight is 527 g/mol. The van der Waals surface area contributed by atoms with Gasteiger partial charge in [-0.05, 0) is 78.4 Å². The molecule has 1 amide bonds. The summed E-state index contributed by atoms with van der Waals surface area (Å²) in [6.45, 7) is -0.290. The molecule has 1 heterocycles. The van der Waals surface area contributed by atoms with Crippen LogP contribution in [0.4, 0.5) is 15.8 Å². The van der Waals surface area contributed by atoms with Crippen molar-refractivity contribution in [2.75, 3.05) is 44.6 Å². The number of benzene rings is 3. The van der Waals surface area contributed by atoms with Crippen molar-refractivity contribution in [3.05, 3.63) is 95.3 Å². The first-order chi connectivity index (χ1) is 18.8. The minimum Gasteiger partial charge on any atom is -0.481 e. The summed E-state index contributed by atoms with van der Waals surface area (Å²) in [5.74, 6) is -0.651. The fourth-order valence-corrected chi connectivity index (χ4v) is 5.35. The average Bonchev–Trinajstić information content (AvgIpc) is 3.33. The Kier molecular flexibility index (Phi) is 7.68. The van der Waals surface area contributed by atoms with Gasteiger partial charge in [0.1, 0.15) is 0 Å². The molecule has 1 aliphatic heterocycles. The zero-order valence-electron chi connectivity index (χ0n) is 23.0. The normalized spacial score (nSPS) is 19.5. The van der Waals surface area contributed by atoms with Crippen molar-refractivity contribution in [3.8, 4) is 5.75 Å². The molecular formula is C32H35FN4O2. The van der Waals surface area contributed by atoms with E-state index in [1.807, 2.05) is 28.2 Å². The van der Waals surface area contributed by atoms with E-state index >= 15 is 0 Å². The molecule has 0 aromatic heterocycles. The number of carbonyl (C=O) groups is 1. The van der Waals surface area contributed by atoms with Gasteiger partial charge < -0.3 is 14.5 Å². The van der Waals surface area contributed by atoms with Crippen molar-refractivity contribution in [1.82, 2.24) is 5.01 Å².